The third-order valence-corrected chi connectivity index (χ3v) is 4.18. The minimum Gasteiger partial charge on any atom is -0.329 e. The standard InChI is InChI=1S/C19H14N2O4/c1-19(2,13-9-7-12(11-20)8-10-13)18(24)25-21-16(22)14-5-3-4-6-15(14)17(21)23/h3-10H,1-2H3. The molecule has 25 heavy (non-hydrogen) atoms. The van der Waals surface area contributed by atoms with E-state index in [-0.39, 0.29) is 11.1 Å². The van der Waals surface area contributed by atoms with Crippen LogP contribution in [0.15, 0.2) is 48.5 Å². The van der Waals surface area contributed by atoms with E-state index < -0.39 is 23.2 Å². The lowest BCUT2D eigenvalue weighted by atomic mass is 9.84. The molecular formula is C19H14N2O4. The number of carbonyl (C=O) groups is 3. The smallest absolute Gasteiger partial charge is 0.329 e. The van der Waals surface area contributed by atoms with Gasteiger partial charge in [0, 0.05) is 0 Å². The van der Waals surface area contributed by atoms with Crippen molar-refractivity contribution >= 4 is 17.8 Å². The van der Waals surface area contributed by atoms with Gasteiger partial charge in [-0.2, -0.15) is 5.26 Å². The lowest BCUT2D eigenvalue weighted by Gasteiger charge is -2.24. The molecule has 0 unspecified atom stereocenters. The van der Waals surface area contributed by atoms with E-state index in [0.717, 1.165) is 0 Å². The molecule has 0 fully saturated rings. The second-order valence-electron chi connectivity index (χ2n) is 6.14. The van der Waals surface area contributed by atoms with Gasteiger partial charge in [0.1, 0.15) is 0 Å². The van der Waals surface area contributed by atoms with Crippen molar-refractivity contribution in [3.05, 3.63) is 70.8 Å². The summed E-state index contributed by atoms with van der Waals surface area (Å²) in [6, 6.07) is 14.8. The van der Waals surface area contributed by atoms with Crippen molar-refractivity contribution in [3.8, 4) is 6.07 Å². The summed E-state index contributed by atoms with van der Waals surface area (Å²) in [4.78, 5) is 42.3. The first-order valence-electron chi connectivity index (χ1n) is 7.57. The van der Waals surface area contributed by atoms with Gasteiger partial charge < -0.3 is 4.84 Å². The van der Waals surface area contributed by atoms with E-state index in [1.807, 2.05) is 6.07 Å². The molecule has 0 saturated carbocycles. The zero-order valence-corrected chi connectivity index (χ0v) is 13.6. The van der Waals surface area contributed by atoms with Crippen molar-refractivity contribution < 1.29 is 19.2 Å². The fourth-order valence-electron chi connectivity index (χ4n) is 2.53. The number of hydroxylamine groups is 2. The van der Waals surface area contributed by atoms with E-state index in [2.05, 4.69) is 0 Å². The van der Waals surface area contributed by atoms with Gasteiger partial charge in [-0.25, -0.2) is 4.79 Å². The third-order valence-electron chi connectivity index (χ3n) is 4.18. The first-order valence-corrected chi connectivity index (χ1v) is 7.57. The highest BCUT2D eigenvalue weighted by atomic mass is 16.7. The molecule has 0 aromatic heterocycles. The van der Waals surface area contributed by atoms with Crippen LogP contribution in [0.3, 0.4) is 0 Å². The molecule has 6 heteroatoms. The average Bonchev–Trinajstić information content (AvgIpc) is 2.87. The molecule has 124 valence electrons. The predicted molar refractivity (Wildman–Crippen MR) is 87.2 cm³/mol. The molecule has 2 amide bonds. The molecule has 6 nitrogen and oxygen atoms in total. The molecule has 0 atom stereocenters. The number of benzene rings is 2. The number of hydrogen-bond donors (Lipinski definition) is 0. The molecule has 1 aliphatic heterocycles. The van der Waals surface area contributed by atoms with Crippen molar-refractivity contribution in [2.24, 2.45) is 0 Å². The van der Waals surface area contributed by atoms with E-state index in [1.165, 1.54) is 12.1 Å². The van der Waals surface area contributed by atoms with Crippen LogP contribution in [0.4, 0.5) is 0 Å². The molecule has 0 spiro atoms. The number of imide groups is 1. The first kappa shape index (κ1) is 16.4. The number of nitrogens with zero attached hydrogens (tertiary/aromatic N) is 2. The molecule has 2 aromatic rings. The average molecular weight is 334 g/mol. The van der Waals surface area contributed by atoms with E-state index in [9.17, 15) is 14.4 Å². The second-order valence-corrected chi connectivity index (χ2v) is 6.14. The van der Waals surface area contributed by atoms with Gasteiger partial charge in [0.15, 0.2) is 0 Å². The van der Waals surface area contributed by atoms with Crippen LogP contribution in [0.5, 0.6) is 0 Å². The highest BCUT2D eigenvalue weighted by Crippen LogP contribution is 2.28. The van der Waals surface area contributed by atoms with Gasteiger partial charge in [-0.15, -0.1) is 0 Å². The van der Waals surface area contributed by atoms with Gasteiger partial charge in [-0.05, 0) is 43.7 Å². The van der Waals surface area contributed by atoms with Crippen LogP contribution in [-0.4, -0.2) is 22.8 Å². The molecule has 1 aliphatic rings. The zero-order valence-electron chi connectivity index (χ0n) is 13.6. The Balaban J connectivity index is 1.83. The number of rotatable bonds is 3. The lowest BCUT2D eigenvalue weighted by Crippen LogP contribution is -2.40. The Morgan fingerprint density at radius 2 is 1.52 bits per heavy atom. The Morgan fingerprint density at radius 1 is 1.00 bits per heavy atom. The number of nitriles is 1. The summed E-state index contributed by atoms with van der Waals surface area (Å²) in [6.45, 7) is 3.24. The van der Waals surface area contributed by atoms with Gasteiger partial charge in [0.25, 0.3) is 11.8 Å². The van der Waals surface area contributed by atoms with Crippen molar-refractivity contribution in [1.82, 2.24) is 5.06 Å². The van der Waals surface area contributed by atoms with Crippen LogP contribution in [0.2, 0.25) is 0 Å². The molecule has 1 heterocycles. The number of carbonyl (C=O) groups excluding carboxylic acids is 3. The summed E-state index contributed by atoms with van der Waals surface area (Å²) in [5.74, 6) is -2.07. The second kappa shape index (κ2) is 5.87. The maximum atomic E-state index is 12.6. The quantitative estimate of drug-likeness (QED) is 0.805. The van der Waals surface area contributed by atoms with Crippen LogP contribution < -0.4 is 0 Å². The summed E-state index contributed by atoms with van der Waals surface area (Å²) in [7, 11) is 0. The van der Waals surface area contributed by atoms with Crippen LogP contribution in [-0.2, 0) is 15.0 Å². The van der Waals surface area contributed by atoms with Crippen molar-refractivity contribution in [3.63, 3.8) is 0 Å². The highest BCUT2D eigenvalue weighted by molar-refractivity contribution is 6.21. The highest BCUT2D eigenvalue weighted by Gasteiger charge is 2.42. The van der Waals surface area contributed by atoms with Gasteiger partial charge in [-0.3, -0.25) is 9.59 Å². The molecule has 0 radical (unpaired) electrons. The van der Waals surface area contributed by atoms with Crippen molar-refractivity contribution in [2.75, 3.05) is 0 Å². The predicted octanol–water partition coefficient (Wildman–Crippen LogP) is 2.59. The van der Waals surface area contributed by atoms with Crippen molar-refractivity contribution in [1.29, 1.82) is 5.26 Å². The Bertz CT molecular complexity index is 888. The molecular weight excluding hydrogens is 320 g/mol. The number of amides is 2. The molecule has 0 bridgehead atoms. The van der Waals surface area contributed by atoms with Crippen molar-refractivity contribution in [2.45, 2.75) is 19.3 Å². The monoisotopic (exact) mass is 334 g/mol. The van der Waals surface area contributed by atoms with Crippen LogP contribution in [0.25, 0.3) is 0 Å². The first-order chi connectivity index (χ1) is 11.9. The van der Waals surface area contributed by atoms with Gasteiger partial charge >= 0.3 is 5.97 Å². The van der Waals surface area contributed by atoms with E-state index in [4.69, 9.17) is 10.1 Å². The topological polar surface area (TPSA) is 87.5 Å². The van der Waals surface area contributed by atoms with Crippen LogP contribution >= 0.6 is 0 Å². The maximum Gasteiger partial charge on any atom is 0.343 e. The van der Waals surface area contributed by atoms with Crippen LogP contribution in [0, 0.1) is 11.3 Å². The van der Waals surface area contributed by atoms with E-state index in [1.54, 1.807) is 50.2 Å². The van der Waals surface area contributed by atoms with E-state index in [0.29, 0.717) is 16.2 Å². The Kier molecular flexibility index (Phi) is 3.85. The summed E-state index contributed by atoms with van der Waals surface area (Å²) in [5, 5.41) is 9.35. The Labute approximate surface area is 144 Å². The summed E-state index contributed by atoms with van der Waals surface area (Å²) in [6.07, 6.45) is 0. The molecule has 0 aliphatic carbocycles. The Hall–Kier alpha value is -3.46. The summed E-state index contributed by atoms with van der Waals surface area (Å²) in [5.41, 5.74) is 0.373. The number of fused-ring (bicyclic) bond motifs is 1. The molecule has 2 aromatic carbocycles. The molecule has 0 saturated heterocycles. The minimum absolute atomic E-state index is 0.205. The number of hydrogen-bond acceptors (Lipinski definition) is 5. The van der Waals surface area contributed by atoms with Gasteiger partial charge in [0.05, 0.1) is 28.2 Å². The Morgan fingerprint density at radius 3 is 2.00 bits per heavy atom. The molecule has 3 rings (SSSR count). The SMILES string of the molecule is CC(C)(C(=O)ON1C(=O)c2ccccc2C1=O)c1ccc(C#N)cc1. The molecule has 0 N–H and O–H groups in total. The van der Waals surface area contributed by atoms with Gasteiger partial charge in [0.2, 0.25) is 0 Å². The van der Waals surface area contributed by atoms with Crippen LogP contribution in [0.1, 0.15) is 45.7 Å². The minimum atomic E-state index is -1.11. The zero-order chi connectivity index (χ0) is 18.2. The van der Waals surface area contributed by atoms with Gasteiger partial charge in [-0.1, -0.05) is 29.3 Å². The largest absolute Gasteiger partial charge is 0.343 e. The fourth-order valence-corrected chi connectivity index (χ4v) is 2.53. The fraction of sp³-hybridized carbons (Fsp3) is 0.158. The normalized spacial score (nSPS) is 13.4. The maximum absolute atomic E-state index is 12.6. The summed E-state index contributed by atoms with van der Waals surface area (Å²) >= 11 is 0. The summed E-state index contributed by atoms with van der Waals surface area (Å²) < 4.78 is 0. The lowest BCUT2D eigenvalue weighted by molar-refractivity contribution is -0.174. The third kappa shape index (κ3) is 2.66. The van der Waals surface area contributed by atoms with E-state index >= 15 is 0 Å².